The maximum atomic E-state index is 3.83. The zero-order valence-corrected chi connectivity index (χ0v) is 8.14. The van der Waals surface area contributed by atoms with Crippen LogP contribution in [-0.4, -0.2) is 9.78 Å². The van der Waals surface area contributed by atoms with Crippen LogP contribution in [-0.2, 0) is 0 Å². The predicted octanol–water partition coefficient (Wildman–Crippen LogP) is 2.96. The first-order valence-corrected chi connectivity index (χ1v) is 4.53. The van der Waals surface area contributed by atoms with Crippen LogP contribution in [0.4, 0.5) is 0 Å². The lowest BCUT2D eigenvalue weighted by Gasteiger charge is -1.80. The fourth-order valence-corrected chi connectivity index (χ4v) is 1.30. The van der Waals surface area contributed by atoms with Gasteiger partial charge < -0.3 is 0 Å². The van der Waals surface area contributed by atoms with Gasteiger partial charge in [0.1, 0.15) is 0 Å². The maximum absolute atomic E-state index is 3.83. The molecule has 2 heteroatoms. The number of aryl methyl sites for hydroxylation is 1. The van der Waals surface area contributed by atoms with E-state index in [9.17, 15) is 0 Å². The van der Waals surface area contributed by atoms with Crippen molar-refractivity contribution in [3.05, 3.63) is 48.8 Å². The number of hydrogen-bond donors (Lipinski definition) is 0. The van der Waals surface area contributed by atoms with Gasteiger partial charge in [0.2, 0.25) is 0 Å². The SMILES string of the molecule is C=Cn1cccn1.Cc1cc2cc-2c1. The van der Waals surface area contributed by atoms with Crippen LogP contribution in [0, 0.1) is 6.92 Å². The Kier molecular flexibility index (Phi) is 2.19. The third kappa shape index (κ3) is 1.91. The van der Waals surface area contributed by atoms with E-state index in [1.807, 2.05) is 12.3 Å². The van der Waals surface area contributed by atoms with Crippen molar-refractivity contribution in [3.63, 3.8) is 0 Å². The van der Waals surface area contributed by atoms with E-state index < -0.39 is 0 Å². The number of rotatable bonds is 1. The second-order valence-electron chi connectivity index (χ2n) is 3.26. The van der Waals surface area contributed by atoms with Crippen LogP contribution >= 0.6 is 0 Å². The molecule has 0 atom stereocenters. The van der Waals surface area contributed by atoms with E-state index >= 15 is 0 Å². The molecule has 0 unspecified atom stereocenters. The lowest BCUT2D eigenvalue weighted by atomic mass is 10.4. The van der Waals surface area contributed by atoms with E-state index in [-0.39, 0.29) is 0 Å². The van der Waals surface area contributed by atoms with E-state index in [0.29, 0.717) is 0 Å². The summed E-state index contributed by atoms with van der Waals surface area (Å²) in [5, 5.41) is 3.83. The van der Waals surface area contributed by atoms with E-state index in [2.05, 4.69) is 36.8 Å². The molecule has 70 valence electrons. The Bertz CT molecular complexity index is 421. The van der Waals surface area contributed by atoms with Gasteiger partial charge in [-0.3, -0.25) is 0 Å². The Labute approximate surface area is 83.5 Å². The molecular weight excluding hydrogens is 172 g/mol. The summed E-state index contributed by atoms with van der Waals surface area (Å²) in [5.41, 5.74) is 4.28. The molecule has 0 fully saturated rings. The minimum absolute atomic E-state index is 1.40. The maximum Gasteiger partial charge on any atom is 0.0493 e. The number of nitrogens with zero attached hydrogens (tertiary/aromatic N) is 2. The summed E-state index contributed by atoms with van der Waals surface area (Å²) in [6.07, 6.45) is 5.18. The van der Waals surface area contributed by atoms with Crippen LogP contribution in [0.25, 0.3) is 17.3 Å². The van der Waals surface area contributed by atoms with E-state index in [0.717, 1.165) is 0 Å². The zero-order valence-electron chi connectivity index (χ0n) is 8.14. The highest BCUT2D eigenvalue weighted by molar-refractivity contribution is 5.82. The molecule has 1 heterocycles. The third-order valence-electron chi connectivity index (χ3n) is 2.04. The topological polar surface area (TPSA) is 17.8 Å². The largest absolute Gasteiger partial charge is 0.249 e. The normalized spacial score (nSPS) is 10.1. The summed E-state index contributed by atoms with van der Waals surface area (Å²) in [4.78, 5) is 0. The minimum atomic E-state index is 1.40. The van der Waals surface area contributed by atoms with E-state index in [1.54, 1.807) is 17.1 Å². The van der Waals surface area contributed by atoms with Gasteiger partial charge in [-0.05, 0) is 35.7 Å². The van der Waals surface area contributed by atoms with Gasteiger partial charge in [0.05, 0.1) is 0 Å². The predicted molar refractivity (Wildman–Crippen MR) is 58.8 cm³/mol. The number of benzene rings is 1. The lowest BCUT2D eigenvalue weighted by molar-refractivity contribution is 0.937. The van der Waals surface area contributed by atoms with Crippen molar-refractivity contribution in [2.75, 3.05) is 0 Å². The Balaban J connectivity index is 0.000000107. The Morgan fingerprint density at radius 3 is 2.29 bits per heavy atom. The highest BCUT2D eigenvalue weighted by atomic mass is 15.2. The molecule has 0 aromatic carbocycles. The molecule has 0 amide bonds. The fourth-order valence-electron chi connectivity index (χ4n) is 1.30. The average Bonchev–Trinajstić information content (AvgIpc) is 2.69. The van der Waals surface area contributed by atoms with Gasteiger partial charge in [0.15, 0.2) is 0 Å². The van der Waals surface area contributed by atoms with Gasteiger partial charge in [-0.1, -0.05) is 18.7 Å². The number of aromatic nitrogens is 2. The van der Waals surface area contributed by atoms with Gasteiger partial charge in [0, 0.05) is 18.6 Å². The van der Waals surface area contributed by atoms with Crippen LogP contribution in [0.5, 0.6) is 0 Å². The van der Waals surface area contributed by atoms with E-state index in [4.69, 9.17) is 0 Å². The van der Waals surface area contributed by atoms with Gasteiger partial charge in [0.25, 0.3) is 0 Å². The molecule has 1 aromatic heterocycles. The van der Waals surface area contributed by atoms with E-state index in [1.165, 1.54) is 16.7 Å². The molecule has 2 aliphatic carbocycles. The standard InChI is InChI=1S/C7H6.C5H6N2/c1-5-2-6-4-7(6)3-5;1-2-7-5-3-4-6-7/h2-4H,1H3;2-5H,1H2. The molecular formula is C12H12N2. The summed E-state index contributed by atoms with van der Waals surface area (Å²) in [6, 6.07) is 8.44. The minimum Gasteiger partial charge on any atom is -0.249 e. The van der Waals surface area contributed by atoms with Crippen LogP contribution < -0.4 is 0 Å². The first-order valence-electron chi connectivity index (χ1n) is 4.53. The molecule has 0 spiro atoms. The Morgan fingerprint density at radius 1 is 1.29 bits per heavy atom. The summed E-state index contributed by atoms with van der Waals surface area (Å²) in [6.45, 7) is 5.63. The van der Waals surface area contributed by atoms with Crippen LogP contribution in [0.2, 0.25) is 0 Å². The first kappa shape index (κ1) is 8.75. The van der Waals surface area contributed by atoms with Crippen molar-refractivity contribution in [1.82, 2.24) is 9.78 Å². The molecule has 0 aliphatic heterocycles. The summed E-state index contributed by atoms with van der Waals surface area (Å²) in [5.74, 6) is 0. The van der Waals surface area contributed by atoms with Gasteiger partial charge in [-0.2, -0.15) is 5.10 Å². The van der Waals surface area contributed by atoms with Gasteiger partial charge in [-0.25, -0.2) is 4.68 Å². The van der Waals surface area contributed by atoms with Crippen molar-refractivity contribution in [1.29, 1.82) is 0 Å². The van der Waals surface area contributed by atoms with Crippen molar-refractivity contribution in [2.45, 2.75) is 6.92 Å². The van der Waals surface area contributed by atoms with Gasteiger partial charge >= 0.3 is 0 Å². The van der Waals surface area contributed by atoms with Crippen LogP contribution in [0.1, 0.15) is 5.56 Å². The van der Waals surface area contributed by atoms with Crippen molar-refractivity contribution >= 4 is 6.20 Å². The molecule has 0 saturated heterocycles. The van der Waals surface area contributed by atoms with Crippen LogP contribution in [0.15, 0.2) is 43.2 Å². The number of fused-ring (bicyclic) bond motifs is 1. The van der Waals surface area contributed by atoms with Crippen molar-refractivity contribution in [3.8, 4) is 11.1 Å². The lowest BCUT2D eigenvalue weighted by Crippen LogP contribution is -1.80. The molecule has 0 saturated carbocycles. The Morgan fingerprint density at radius 2 is 2.00 bits per heavy atom. The van der Waals surface area contributed by atoms with Crippen molar-refractivity contribution < 1.29 is 0 Å². The Hall–Kier alpha value is -1.83. The molecule has 2 aliphatic rings. The highest BCUT2D eigenvalue weighted by Crippen LogP contribution is 2.35. The highest BCUT2D eigenvalue weighted by Gasteiger charge is 2.10. The molecule has 0 N–H and O–H groups in total. The number of hydrogen-bond acceptors (Lipinski definition) is 1. The second-order valence-corrected chi connectivity index (χ2v) is 3.26. The summed E-state index contributed by atoms with van der Waals surface area (Å²) >= 11 is 0. The molecule has 1 aromatic rings. The second kappa shape index (κ2) is 3.50. The van der Waals surface area contributed by atoms with Gasteiger partial charge in [-0.15, -0.1) is 0 Å². The molecule has 2 nitrogen and oxygen atoms in total. The summed E-state index contributed by atoms with van der Waals surface area (Å²) < 4.78 is 1.64. The molecule has 3 rings (SSSR count). The molecule has 0 radical (unpaired) electrons. The smallest absolute Gasteiger partial charge is 0.0493 e. The fraction of sp³-hybridized carbons (Fsp3) is 0.0833. The summed E-state index contributed by atoms with van der Waals surface area (Å²) in [7, 11) is 0. The molecule has 0 bridgehead atoms. The molecule has 14 heavy (non-hydrogen) atoms. The quantitative estimate of drug-likeness (QED) is 0.568. The van der Waals surface area contributed by atoms with Crippen molar-refractivity contribution in [2.24, 2.45) is 0 Å². The average molecular weight is 184 g/mol. The zero-order chi connectivity index (χ0) is 9.97. The van der Waals surface area contributed by atoms with Crippen LogP contribution in [0.3, 0.4) is 0 Å². The monoisotopic (exact) mass is 184 g/mol. The third-order valence-corrected chi connectivity index (χ3v) is 2.04. The first-order chi connectivity index (χ1) is 6.79.